The number of hydrogen-bond donors (Lipinski definition) is 1. The summed E-state index contributed by atoms with van der Waals surface area (Å²) >= 11 is 2.93. The zero-order valence-corrected chi connectivity index (χ0v) is 17.5. The molecule has 1 amide bonds. The number of rotatable bonds is 6. The molecule has 0 radical (unpaired) electrons. The lowest BCUT2D eigenvalue weighted by Gasteiger charge is -2.17. The van der Waals surface area contributed by atoms with Crippen LogP contribution in [0.4, 0.5) is 11.5 Å². The van der Waals surface area contributed by atoms with E-state index in [0.29, 0.717) is 22.9 Å². The summed E-state index contributed by atoms with van der Waals surface area (Å²) in [6.07, 6.45) is 4.32. The molecule has 8 heteroatoms. The molecule has 1 aliphatic heterocycles. The first-order valence-electron chi connectivity index (χ1n) is 9.33. The minimum atomic E-state index is -0.159. The Kier molecular flexibility index (Phi) is 5.68. The van der Waals surface area contributed by atoms with Crippen LogP contribution in [0.1, 0.15) is 29.4 Å². The van der Waals surface area contributed by atoms with Crippen molar-refractivity contribution in [3.8, 4) is 5.75 Å². The number of carbonyl (C=O) groups excluding carboxylic acids is 1. The molecular weight excluding hydrogens is 392 g/mol. The Hall–Kier alpha value is -2.32. The van der Waals surface area contributed by atoms with Crippen molar-refractivity contribution >= 4 is 50.7 Å². The van der Waals surface area contributed by atoms with Crippen molar-refractivity contribution in [1.29, 1.82) is 0 Å². The fourth-order valence-electron chi connectivity index (χ4n) is 3.30. The van der Waals surface area contributed by atoms with Gasteiger partial charge in [-0.05, 0) is 44.2 Å². The second kappa shape index (κ2) is 8.36. The Morgan fingerprint density at radius 2 is 2.07 bits per heavy atom. The highest BCUT2D eigenvalue weighted by molar-refractivity contribution is 7.98. The van der Waals surface area contributed by atoms with Gasteiger partial charge in [0.15, 0.2) is 5.16 Å². The summed E-state index contributed by atoms with van der Waals surface area (Å²) in [5.74, 6) is 1.45. The molecule has 6 nitrogen and oxygen atoms in total. The fraction of sp³-hybridized carbons (Fsp3) is 0.350. The van der Waals surface area contributed by atoms with E-state index >= 15 is 0 Å². The van der Waals surface area contributed by atoms with Crippen LogP contribution in [0.25, 0.3) is 10.2 Å². The topological polar surface area (TPSA) is 67.3 Å². The second-order valence-electron chi connectivity index (χ2n) is 6.44. The molecule has 1 aromatic carbocycles. The first-order valence-corrected chi connectivity index (χ1v) is 11.4. The number of hydrogen-bond acceptors (Lipinski definition) is 7. The lowest BCUT2D eigenvalue weighted by atomic mass is 10.2. The molecule has 1 aliphatic rings. The highest BCUT2D eigenvalue weighted by atomic mass is 32.2. The molecule has 3 heterocycles. The van der Waals surface area contributed by atoms with Gasteiger partial charge >= 0.3 is 0 Å². The van der Waals surface area contributed by atoms with Crippen molar-refractivity contribution in [2.24, 2.45) is 0 Å². The molecule has 0 atom stereocenters. The second-order valence-corrected chi connectivity index (χ2v) is 8.24. The van der Waals surface area contributed by atoms with Gasteiger partial charge in [-0.2, -0.15) is 0 Å². The van der Waals surface area contributed by atoms with Crippen LogP contribution in [-0.2, 0) is 0 Å². The predicted octanol–water partition coefficient (Wildman–Crippen LogP) is 4.66. The molecule has 0 bridgehead atoms. The normalized spacial score (nSPS) is 13.9. The first kappa shape index (κ1) is 19.0. The maximum Gasteiger partial charge on any atom is 0.265 e. The number of anilines is 2. The van der Waals surface area contributed by atoms with Gasteiger partial charge in [-0.15, -0.1) is 11.3 Å². The van der Waals surface area contributed by atoms with E-state index in [1.807, 2.05) is 43.5 Å². The Bertz CT molecular complexity index is 999. The highest BCUT2D eigenvalue weighted by Gasteiger charge is 2.22. The Morgan fingerprint density at radius 1 is 1.29 bits per heavy atom. The van der Waals surface area contributed by atoms with Gasteiger partial charge in [0.05, 0.1) is 22.6 Å². The lowest BCUT2D eigenvalue weighted by Crippen LogP contribution is -2.19. The minimum Gasteiger partial charge on any atom is -0.492 e. The Morgan fingerprint density at radius 3 is 2.82 bits per heavy atom. The van der Waals surface area contributed by atoms with Crippen molar-refractivity contribution in [3.05, 3.63) is 35.2 Å². The summed E-state index contributed by atoms with van der Waals surface area (Å²) in [6, 6.07) is 9.38. The average molecular weight is 415 g/mol. The average Bonchev–Trinajstić information content (AvgIpc) is 3.38. The van der Waals surface area contributed by atoms with Gasteiger partial charge in [0.2, 0.25) is 0 Å². The van der Waals surface area contributed by atoms with Crippen LogP contribution in [0.15, 0.2) is 35.5 Å². The van der Waals surface area contributed by atoms with Gasteiger partial charge in [-0.3, -0.25) is 4.79 Å². The highest BCUT2D eigenvalue weighted by Crippen LogP contribution is 2.35. The summed E-state index contributed by atoms with van der Waals surface area (Å²) in [7, 11) is 0. The molecule has 0 saturated carbocycles. The number of fused-ring (bicyclic) bond motifs is 1. The first-order chi connectivity index (χ1) is 13.7. The smallest absolute Gasteiger partial charge is 0.265 e. The zero-order chi connectivity index (χ0) is 19.5. The number of thioether (sulfide) groups is 1. The standard InChI is InChI=1S/C20H22N4O2S2/c1-3-26-15-9-5-4-8-14(15)21-18(25)16-12-13-17(24-10-6-7-11-24)22-20(27-2)23-19(13)28-16/h4-5,8-9,12H,3,6-7,10-11H2,1-2H3,(H,21,25). The SMILES string of the molecule is CCOc1ccccc1NC(=O)c1cc2c(N3CCCC3)nc(SC)nc2s1. The van der Waals surface area contributed by atoms with Crippen molar-refractivity contribution in [3.63, 3.8) is 0 Å². The molecule has 4 rings (SSSR count). The third kappa shape index (κ3) is 3.79. The van der Waals surface area contributed by atoms with E-state index in [9.17, 15) is 4.79 Å². The van der Waals surface area contributed by atoms with Crippen molar-refractivity contribution < 1.29 is 9.53 Å². The number of ether oxygens (including phenoxy) is 1. The number of nitrogens with one attached hydrogen (secondary N) is 1. The Balaban J connectivity index is 1.67. The summed E-state index contributed by atoms with van der Waals surface area (Å²) in [4.78, 5) is 26.0. The van der Waals surface area contributed by atoms with Crippen LogP contribution < -0.4 is 15.0 Å². The number of benzene rings is 1. The number of thiophene rings is 1. The predicted molar refractivity (Wildman–Crippen MR) is 116 cm³/mol. The van der Waals surface area contributed by atoms with Crippen molar-refractivity contribution in [2.45, 2.75) is 24.9 Å². The van der Waals surface area contributed by atoms with Gasteiger partial charge in [-0.25, -0.2) is 9.97 Å². The van der Waals surface area contributed by atoms with E-state index in [2.05, 4.69) is 15.2 Å². The van der Waals surface area contributed by atoms with Crippen LogP contribution >= 0.6 is 23.1 Å². The molecule has 2 aromatic heterocycles. The van der Waals surface area contributed by atoms with E-state index in [0.717, 1.165) is 34.3 Å². The quantitative estimate of drug-likeness (QED) is 0.467. The Labute approximate surface area is 172 Å². The molecule has 3 aromatic rings. The van der Waals surface area contributed by atoms with E-state index in [1.165, 1.54) is 35.9 Å². The van der Waals surface area contributed by atoms with Crippen LogP contribution in [0.2, 0.25) is 0 Å². The number of carbonyl (C=O) groups is 1. The molecule has 146 valence electrons. The molecule has 1 N–H and O–H groups in total. The molecule has 28 heavy (non-hydrogen) atoms. The van der Waals surface area contributed by atoms with Gasteiger partial charge in [0.25, 0.3) is 5.91 Å². The summed E-state index contributed by atoms with van der Waals surface area (Å²) < 4.78 is 5.61. The van der Waals surface area contributed by atoms with Crippen molar-refractivity contribution in [1.82, 2.24) is 9.97 Å². The number of amides is 1. The minimum absolute atomic E-state index is 0.159. The van der Waals surface area contributed by atoms with Gasteiger partial charge in [-0.1, -0.05) is 23.9 Å². The fourth-order valence-corrected chi connectivity index (χ4v) is 4.63. The molecule has 0 aliphatic carbocycles. The lowest BCUT2D eigenvalue weighted by molar-refractivity contribution is 0.103. The third-order valence-electron chi connectivity index (χ3n) is 4.60. The molecule has 1 fully saturated rings. The number of aromatic nitrogens is 2. The molecular formula is C20H22N4O2S2. The van der Waals surface area contributed by atoms with Crippen molar-refractivity contribution in [2.75, 3.05) is 36.2 Å². The molecule has 0 unspecified atom stereocenters. The van der Waals surface area contributed by atoms with Gasteiger partial charge in [0.1, 0.15) is 16.4 Å². The summed E-state index contributed by atoms with van der Waals surface area (Å²) in [5, 5.41) is 4.66. The van der Waals surface area contributed by atoms with E-state index in [-0.39, 0.29) is 5.91 Å². The van der Waals surface area contributed by atoms with Crippen LogP contribution in [0, 0.1) is 0 Å². The van der Waals surface area contributed by atoms with Crippen LogP contribution in [0.5, 0.6) is 5.75 Å². The van der Waals surface area contributed by atoms with Crippen LogP contribution in [-0.4, -0.2) is 41.8 Å². The summed E-state index contributed by atoms with van der Waals surface area (Å²) in [6.45, 7) is 4.46. The molecule has 1 saturated heterocycles. The van der Waals surface area contributed by atoms with Gasteiger partial charge < -0.3 is 15.0 Å². The number of nitrogens with zero attached hydrogens (tertiary/aromatic N) is 3. The van der Waals surface area contributed by atoms with Crippen LogP contribution in [0.3, 0.4) is 0 Å². The zero-order valence-electron chi connectivity index (χ0n) is 15.9. The maximum absolute atomic E-state index is 12.9. The summed E-state index contributed by atoms with van der Waals surface area (Å²) in [5.41, 5.74) is 0.669. The van der Waals surface area contributed by atoms with E-state index in [4.69, 9.17) is 9.72 Å². The maximum atomic E-state index is 12.9. The largest absolute Gasteiger partial charge is 0.492 e. The van der Waals surface area contributed by atoms with E-state index < -0.39 is 0 Å². The monoisotopic (exact) mass is 414 g/mol. The van der Waals surface area contributed by atoms with E-state index in [1.54, 1.807) is 0 Å². The number of para-hydroxylation sites is 2. The third-order valence-corrected chi connectivity index (χ3v) is 6.17. The molecule has 0 spiro atoms. The van der Waals surface area contributed by atoms with Gasteiger partial charge in [0, 0.05) is 13.1 Å².